The monoisotopic (exact) mass is 261 g/mol. The van der Waals surface area contributed by atoms with Crippen LogP contribution in [0.4, 0.5) is 5.69 Å². The molecule has 0 amide bonds. The van der Waals surface area contributed by atoms with Gasteiger partial charge in [-0.2, -0.15) is 0 Å². The van der Waals surface area contributed by atoms with Crippen molar-refractivity contribution >= 4 is 22.7 Å². The van der Waals surface area contributed by atoms with Gasteiger partial charge in [0.1, 0.15) is 5.56 Å². The van der Waals surface area contributed by atoms with E-state index in [0.29, 0.717) is 6.07 Å². The number of nitrogens with zero attached hydrogens (tertiary/aromatic N) is 1. The molecule has 1 rings (SSSR count). The van der Waals surface area contributed by atoms with Crippen LogP contribution in [-0.2, 0) is 15.8 Å². The van der Waals surface area contributed by atoms with Crippen molar-refractivity contribution < 1.29 is 28.3 Å². The van der Waals surface area contributed by atoms with Crippen LogP contribution in [0.1, 0.15) is 10.4 Å². The number of esters is 1. The van der Waals surface area contributed by atoms with Crippen molar-refractivity contribution in [3.63, 3.8) is 0 Å². The van der Waals surface area contributed by atoms with Gasteiger partial charge in [0.15, 0.2) is 11.1 Å². The highest BCUT2D eigenvalue weighted by molar-refractivity contribution is 7.79. The number of carbonyl (C=O) groups is 1. The van der Waals surface area contributed by atoms with Crippen molar-refractivity contribution in [3.8, 4) is 5.75 Å². The Morgan fingerprint density at radius 2 is 2.12 bits per heavy atom. The van der Waals surface area contributed by atoms with Crippen LogP contribution in [0.3, 0.4) is 0 Å². The predicted molar refractivity (Wildman–Crippen MR) is 55.1 cm³/mol. The molecule has 17 heavy (non-hydrogen) atoms. The Hall–Kier alpha value is -2.00. The molecule has 0 aliphatic heterocycles. The van der Waals surface area contributed by atoms with E-state index >= 15 is 0 Å². The van der Waals surface area contributed by atoms with Gasteiger partial charge in [-0.25, -0.2) is 9.00 Å². The average Bonchev–Trinajstić information content (AvgIpc) is 2.27. The fourth-order valence-electron chi connectivity index (χ4n) is 1.10. The van der Waals surface area contributed by atoms with E-state index in [-0.39, 0.29) is 4.90 Å². The van der Waals surface area contributed by atoms with Crippen LogP contribution in [0.15, 0.2) is 17.0 Å². The lowest BCUT2D eigenvalue weighted by Crippen LogP contribution is -2.05. The lowest BCUT2D eigenvalue weighted by molar-refractivity contribution is -0.386. The quantitative estimate of drug-likeness (QED) is 0.354. The van der Waals surface area contributed by atoms with Gasteiger partial charge in [0.2, 0.25) is 5.75 Å². The highest BCUT2D eigenvalue weighted by atomic mass is 32.2. The summed E-state index contributed by atoms with van der Waals surface area (Å²) in [5.74, 6) is -1.95. The minimum Gasteiger partial charge on any atom is -0.501 e. The second-order valence-electron chi connectivity index (χ2n) is 2.84. The molecule has 1 unspecified atom stereocenters. The van der Waals surface area contributed by atoms with Gasteiger partial charge in [-0.05, 0) is 6.07 Å². The molecule has 1 aromatic rings. The summed E-state index contributed by atoms with van der Waals surface area (Å²) in [6.07, 6.45) is 0. The van der Waals surface area contributed by atoms with Crippen molar-refractivity contribution in [2.45, 2.75) is 4.90 Å². The maximum atomic E-state index is 11.2. The number of carbonyl (C=O) groups excluding carboxylic acids is 1. The predicted octanol–water partition coefficient (Wildman–Crippen LogP) is 0.668. The zero-order valence-corrected chi connectivity index (χ0v) is 9.26. The van der Waals surface area contributed by atoms with E-state index in [4.69, 9.17) is 4.55 Å². The van der Waals surface area contributed by atoms with Crippen molar-refractivity contribution in [1.29, 1.82) is 0 Å². The molecule has 0 aliphatic rings. The zero-order valence-electron chi connectivity index (χ0n) is 8.45. The molecule has 8 nitrogen and oxygen atoms in total. The van der Waals surface area contributed by atoms with Crippen LogP contribution >= 0.6 is 0 Å². The second kappa shape index (κ2) is 4.89. The van der Waals surface area contributed by atoms with E-state index in [1.165, 1.54) is 0 Å². The van der Waals surface area contributed by atoms with E-state index in [9.17, 15) is 24.2 Å². The second-order valence-corrected chi connectivity index (χ2v) is 3.81. The first-order valence-corrected chi connectivity index (χ1v) is 5.19. The van der Waals surface area contributed by atoms with E-state index in [1.807, 2.05) is 0 Å². The lowest BCUT2D eigenvalue weighted by Gasteiger charge is -2.04. The summed E-state index contributed by atoms with van der Waals surface area (Å²) < 4.78 is 23.9. The zero-order chi connectivity index (χ0) is 13.2. The first kappa shape index (κ1) is 13.1. The Morgan fingerprint density at radius 1 is 1.53 bits per heavy atom. The van der Waals surface area contributed by atoms with Crippen LogP contribution in [0, 0.1) is 10.1 Å². The van der Waals surface area contributed by atoms with Crippen LogP contribution < -0.4 is 0 Å². The number of hydrogen-bond acceptors (Lipinski definition) is 6. The van der Waals surface area contributed by atoms with E-state index in [2.05, 4.69) is 4.74 Å². The number of methoxy groups -OCH3 is 1. The molecule has 0 aromatic heterocycles. The van der Waals surface area contributed by atoms with Crippen molar-refractivity contribution in [2.75, 3.05) is 7.11 Å². The van der Waals surface area contributed by atoms with Crippen molar-refractivity contribution in [3.05, 3.63) is 27.8 Å². The van der Waals surface area contributed by atoms with Crippen LogP contribution in [0.2, 0.25) is 0 Å². The molecule has 0 spiro atoms. The van der Waals surface area contributed by atoms with Crippen molar-refractivity contribution in [2.24, 2.45) is 0 Å². The number of nitro groups is 1. The topological polar surface area (TPSA) is 127 Å². The Labute approximate surface area is 97.3 Å². The number of phenolic OH excluding ortho intramolecular Hbond substituents is 1. The largest absolute Gasteiger partial charge is 0.501 e. The van der Waals surface area contributed by atoms with Gasteiger partial charge in [-0.1, -0.05) is 0 Å². The normalized spacial score (nSPS) is 11.9. The smallest absolute Gasteiger partial charge is 0.341 e. The number of ether oxygens (including phenoxy) is 1. The van der Waals surface area contributed by atoms with Crippen LogP contribution in [-0.4, -0.2) is 31.9 Å². The van der Waals surface area contributed by atoms with E-state index in [1.54, 1.807) is 0 Å². The molecule has 1 aromatic carbocycles. The molecule has 0 saturated carbocycles. The number of rotatable bonds is 3. The van der Waals surface area contributed by atoms with Gasteiger partial charge in [-0.15, -0.1) is 0 Å². The highest BCUT2D eigenvalue weighted by Gasteiger charge is 2.25. The molecule has 92 valence electrons. The number of phenols is 1. The summed E-state index contributed by atoms with van der Waals surface area (Å²) in [6, 6.07) is 1.56. The Morgan fingerprint density at radius 3 is 2.53 bits per heavy atom. The molecule has 1 atom stereocenters. The number of hydrogen-bond donors (Lipinski definition) is 2. The third-order valence-corrected chi connectivity index (χ3v) is 2.51. The van der Waals surface area contributed by atoms with Gasteiger partial charge in [0.05, 0.1) is 16.9 Å². The molecule has 0 bridgehead atoms. The SMILES string of the molecule is COC(=O)c1cc(S(=O)O)cc([N+](=O)[O-])c1O. The standard InChI is InChI=1S/C8H7NO7S/c1-16-8(11)5-2-4(17(14)15)3-6(7(5)10)9(12)13/h2-3,10H,1H3,(H,14,15). The summed E-state index contributed by atoms with van der Waals surface area (Å²) >= 11 is -2.52. The maximum Gasteiger partial charge on any atom is 0.341 e. The first-order chi connectivity index (χ1) is 7.88. The molecule has 2 N–H and O–H groups in total. The lowest BCUT2D eigenvalue weighted by atomic mass is 10.1. The van der Waals surface area contributed by atoms with Crippen LogP contribution in [0.25, 0.3) is 0 Å². The minimum atomic E-state index is -2.52. The molecule has 0 aliphatic carbocycles. The molecule has 9 heteroatoms. The van der Waals surface area contributed by atoms with Crippen LogP contribution in [0.5, 0.6) is 5.75 Å². The van der Waals surface area contributed by atoms with Gasteiger partial charge in [-0.3, -0.25) is 10.1 Å². The summed E-state index contributed by atoms with van der Waals surface area (Å²) in [7, 11) is 1.01. The highest BCUT2D eigenvalue weighted by Crippen LogP contribution is 2.32. The van der Waals surface area contributed by atoms with Gasteiger partial charge >= 0.3 is 11.7 Å². The Kier molecular flexibility index (Phi) is 3.76. The first-order valence-electron chi connectivity index (χ1n) is 4.09. The molecular formula is C8H7NO7S. The Bertz CT molecular complexity index is 513. The Balaban J connectivity index is 3.54. The number of aromatic hydroxyl groups is 1. The van der Waals surface area contributed by atoms with Gasteiger partial charge in [0.25, 0.3) is 0 Å². The molecular weight excluding hydrogens is 254 g/mol. The van der Waals surface area contributed by atoms with Gasteiger partial charge < -0.3 is 14.4 Å². The average molecular weight is 261 g/mol. The molecule has 0 heterocycles. The summed E-state index contributed by atoms with van der Waals surface area (Å²) in [4.78, 5) is 20.4. The van der Waals surface area contributed by atoms with E-state index < -0.39 is 39.0 Å². The fourth-order valence-corrected chi connectivity index (χ4v) is 1.53. The fraction of sp³-hybridized carbons (Fsp3) is 0.125. The summed E-state index contributed by atoms with van der Waals surface area (Å²) in [6.45, 7) is 0. The third kappa shape index (κ3) is 2.57. The number of benzene rings is 1. The number of nitro benzene ring substituents is 1. The molecule has 0 radical (unpaired) electrons. The summed E-state index contributed by atoms with van der Waals surface area (Å²) in [5, 5.41) is 20.0. The molecule has 0 fully saturated rings. The summed E-state index contributed by atoms with van der Waals surface area (Å²) in [5.41, 5.74) is -1.38. The maximum absolute atomic E-state index is 11.2. The molecule has 0 saturated heterocycles. The van der Waals surface area contributed by atoms with E-state index in [0.717, 1.165) is 13.2 Å². The third-order valence-electron chi connectivity index (χ3n) is 1.87. The van der Waals surface area contributed by atoms with Gasteiger partial charge in [0, 0.05) is 6.07 Å². The minimum absolute atomic E-state index is 0.380. The van der Waals surface area contributed by atoms with Crippen molar-refractivity contribution in [1.82, 2.24) is 0 Å².